The monoisotopic (exact) mass is 288 g/mol. The summed E-state index contributed by atoms with van der Waals surface area (Å²) in [5, 5.41) is 3.50. The van der Waals surface area contributed by atoms with E-state index in [4.69, 9.17) is 4.74 Å². The Bertz CT molecular complexity index is 462. The molecule has 1 aromatic carbocycles. The minimum Gasteiger partial charge on any atom is -0.496 e. The molecule has 21 heavy (non-hydrogen) atoms. The molecule has 1 N–H and O–H groups in total. The van der Waals surface area contributed by atoms with Gasteiger partial charge in [0.15, 0.2) is 0 Å². The van der Waals surface area contributed by atoms with Crippen LogP contribution in [0.2, 0.25) is 0 Å². The van der Waals surface area contributed by atoms with Crippen LogP contribution in [0.3, 0.4) is 0 Å². The van der Waals surface area contributed by atoms with Crippen LogP contribution >= 0.6 is 0 Å². The van der Waals surface area contributed by atoms with Gasteiger partial charge in [-0.2, -0.15) is 0 Å². The molecule has 1 aromatic rings. The van der Waals surface area contributed by atoms with Crippen molar-refractivity contribution in [3.63, 3.8) is 0 Å². The lowest BCUT2D eigenvalue weighted by atomic mass is 9.91. The molecule has 0 amide bonds. The summed E-state index contributed by atoms with van der Waals surface area (Å²) in [6.45, 7) is 2.35. The fourth-order valence-electron chi connectivity index (χ4n) is 4.32. The Balaban J connectivity index is 1.74. The molecule has 1 heterocycles. The van der Waals surface area contributed by atoms with Gasteiger partial charge in [-0.25, -0.2) is 0 Å². The largest absolute Gasteiger partial charge is 0.496 e. The highest BCUT2D eigenvalue weighted by molar-refractivity contribution is 5.36. The lowest BCUT2D eigenvalue weighted by Crippen LogP contribution is -2.46. The number of piperidine rings is 1. The lowest BCUT2D eigenvalue weighted by Gasteiger charge is -2.39. The molecule has 1 aliphatic carbocycles. The Kier molecular flexibility index (Phi) is 4.81. The minimum absolute atomic E-state index is 0.348. The van der Waals surface area contributed by atoms with Gasteiger partial charge in [-0.15, -0.1) is 0 Å². The number of methoxy groups -OCH3 is 1. The Morgan fingerprint density at radius 3 is 2.86 bits per heavy atom. The number of likely N-dealkylation sites (N-methyl/N-ethyl adjacent to an activating group) is 1. The third-order valence-electron chi connectivity index (χ3n) is 5.39. The second-order valence-electron chi connectivity index (χ2n) is 6.48. The van der Waals surface area contributed by atoms with Gasteiger partial charge in [-0.1, -0.05) is 24.6 Å². The van der Waals surface area contributed by atoms with Crippen LogP contribution < -0.4 is 10.1 Å². The van der Waals surface area contributed by atoms with Gasteiger partial charge in [-0.05, 0) is 51.3 Å². The fraction of sp³-hybridized carbons (Fsp3) is 0.667. The van der Waals surface area contributed by atoms with E-state index in [0.717, 1.165) is 24.3 Å². The van der Waals surface area contributed by atoms with Crippen molar-refractivity contribution >= 4 is 0 Å². The highest BCUT2D eigenvalue weighted by Crippen LogP contribution is 2.38. The molecule has 3 unspecified atom stereocenters. The predicted molar refractivity (Wildman–Crippen MR) is 86.7 cm³/mol. The van der Waals surface area contributed by atoms with Gasteiger partial charge in [0.2, 0.25) is 0 Å². The van der Waals surface area contributed by atoms with E-state index in [-0.39, 0.29) is 0 Å². The Morgan fingerprint density at radius 1 is 1.24 bits per heavy atom. The topological polar surface area (TPSA) is 24.5 Å². The van der Waals surface area contributed by atoms with Crippen molar-refractivity contribution in [2.75, 3.05) is 27.2 Å². The average molecular weight is 288 g/mol. The van der Waals surface area contributed by atoms with E-state index in [1.807, 2.05) is 6.07 Å². The second-order valence-corrected chi connectivity index (χ2v) is 6.48. The van der Waals surface area contributed by atoms with Gasteiger partial charge in [0, 0.05) is 24.2 Å². The van der Waals surface area contributed by atoms with Crippen LogP contribution in [0.5, 0.6) is 5.75 Å². The van der Waals surface area contributed by atoms with Crippen LogP contribution in [0.1, 0.15) is 43.7 Å². The molecule has 116 valence electrons. The molecule has 0 spiro atoms. The van der Waals surface area contributed by atoms with Gasteiger partial charge in [0.05, 0.1) is 7.11 Å². The maximum atomic E-state index is 5.55. The Morgan fingerprint density at radius 2 is 2.05 bits per heavy atom. The summed E-state index contributed by atoms with van der Waals surface area (Å²) in [4.78, 5) is 2.73. The highest BCUT2D eigenvalue weighted by Gasteiger charge is 2.35. The fourth-order valence-corrected chi connectivity index (χ4v) is 4.32. The smallest absolute Gasteiger partial charge is 0.123 e. The van der Waals surface area contributed by atoms with Gasteiger partial charge in [-0.3, -0.25) is 4.90 Å². The van der Waals surface area contributed by atoms with Crippen molar-refractivity contribution in [1.82, 2.24) is 10.2 Å². The normalized spacial score (nSPS) is 27.3. The molecule has 0 bridgehead atoms. The van der Waals surface area contributed by atoms with Crippen LogP contribution in [0.25, 0.3) is 0 Å². The molecule has 3 heteroatoms. The highest BCUT2D eigenvalue weighted by atomic mass is 16.5. The zero-order valence-corrected chi connectivity index (χ0v) is 13.3. The number of benzene rings is 1. The number of nitrogens with one attached hydrogen (secondary N) is 1. The van der Waals surface area contributed by atoms with Crippen molar-refractivity contribution in [3.8, 4) is 5.75 Å². The number of hydrogen-bond donors (Lipinski definition) is 1. The first-order valence-electron chi connectivity index (χ1n) is 8.37. The molecule has 1 aliphatic heterocycles. The zero-order chi connectivity index (χ0) is 14.7. The van der Waals surface area contributed by atoms with E-state index in [0.29, 0.717) is 6.04 Å². The van der Waals surface area contributed by atoms with E-state index < -0.39 is 0 Å². The van der Waals surface area contributed by atoms with Crippen LogP contribution in [0.15, 0.2) is 24.3 Å². The SMILES string of the molecule is CNC(CN1CCCC2CCCC21)c1ccccc1OC. The summed E-state index contributed by atoms with van der Waals surface area (Å²) < 4.78 is 5.55. The Hall–Kier alpha value is -1.06. The van der Waals surface area contributed by atoms with Crippen molar-refractivity contribution < 1.29 is 4.74 Å². The van der Waals surface area contributed by atoms with Crippen LogP contribution in [0.4, 0.5) is 0 Å². The molecule has 3 nitrogen and oxygen atoms in total. The third-order valence-corrected chi connectivity index (χ3v) is 5.39. The molecular formula is C18H28N2O. The summed E-state index contributed by atoms with van der Waals surface area (Å²) in [5.41, 5.74) is 1.28. The maximum absolute atomic E-state index is 5.55. The molecular weight excluding hydrogens is 260 g/mol. The molecule has 3 atom stereocenters. The van der Waals surface area contributed by atoms with E-state index in [2.05, 4.69) is 35.5 Å². The standard InChI is InChI=1S/C18H28N2O/c1-19-16(15-9-3-4-11-18(15)21-2)13-20-12-6-8-14-7-5-10-17(14)20/h3-4,9,11,14,16-17,19H,5-8,10,12-13H2,1-2H3. The predicted octanol–water partition coefficient (Wildman–Crippen LogP) is 3.22. The van der Waals surface area contributed by atoms with Gasteiger partial charge >= 0.3 is 0 Å². The van der Waals surface area contributed by atoms with E-state index >= 15 is 0 Å². The van der Waals surface area contributed by atoms with Crippen molar-refractivity contribution in [2.24, 2.45) is 5.92 Å². The van der Waals surface area contributed by atoms with Gasteiger partial charge < -0.3 is 10.1 Å². The Labute approximate surface area is 128 Å². The van der Waals surface area contributed by atoms with Crippen LogP contribution in [0, 0.1) is 5.92 Å². The van der Waals surface area contributed by atoms with Crippen LogP contribution in [-0.4, -0.2) is 38.2 Å². The first-order chi connectivity index (χ1) is 10.3. The lowest BCUT2D eigenvalue weighted by molar-refractivity contribution is 0.102. The first-order valence-corrected chi connectivity index (χ1v) is 8.37. The molecule has 0 aromatic heterocycles. The van der Waals surface area contributed by atoms with Crippen molar-refractivity contribution in [3.05, 3.63) is 29.8 Å². The number of rotatable bonds is 5. The quantitative estimate of drug-likeness (QED) is 0.900. The number of fused-ring (bicyclic) bond motifs is 1. The number of nitrogens with zero attached hydrogens (tertiary/aromatic N) is 1. The number of hydrogen-bond acceptors (Lipinski definition) is 3. The van der Waals surface area contributed by atoms with Crippen molar-refractivity contribution in [2.45, 2.75) is 44.2 Å². The van der Waals surface area contributed by atoms with E-state index in [1.165, 1.54) is 44.2 Å². The molecule has 2 aliphatic rings. The first kappa shape index (κ1) is 14.9. The molecule has 2 fully saturated rings. The number of para-hydroxylation sites is 1. The molecule has 1 saturated heterocycles. The average Bonchev–Trinajstić information content (AvgIpc) is 3.02. The van der Waals surface area contributed by atoms with Gasteiger partial charge in [0.25, 0.3) is 0 Å². The summed E-state index contributed by atoms with van der Waals surface area (Å²) in [6, 6.07) is 9.58. The minimum atomic E-state index is 0.348. The van der Waals surface area contributed by atoms with Crippen molar-refractivity contribution in [1.29, 1.82) is 0 Å². The summed E-state index contributed by atoms with van der Waals surface area (Å²) in [7, 11) is 3.83. The van der Waals surface area contributed by atoms with Gasteiger partial charge in [0.1, 0.15) is 5.75 Å². The molecule has 3 rings (SSSR count). The number of ether oxygens (including phenoxy) is 1. The summed E-state index contributed by atoms with van der Waals surface area (Å²) in [6.07, 6.45) is 7.07. The van der Waals surface area contributed by atoms with Crippen LogP contribution in [-0.2, 0) is 0 Å². The van der Waals surface area contributed by atoms with E-state index in [1.54, 1.807) is 7.11 Å². The molecule has 0 radical (unpaired) electrons. The summed E-state index contributed by atoms with van der Waals surface area (Å²) in [5.74, 6) is 1.95. The zero-order valence-electron chi connectivity index (χ0n) is 13.3. The summed E-state index contributed by atoms with van der Waals surface area (Å²) >= 11 is 0. The maximum Gasteiger partial charge on any atom is 0.123 e. The third kappa shape index (κ3) is 3.09. The number of likely N-dealkylation sites (tertiary alicyclic amines) is 1. The second kappa shape index (κ2) is 6.80. The molecule has 1 saturated carbocycles. The van der Waals surface area contributed by atoms with E-state index in [9.17, 15) is 0 Å².